The molecule has 1 nitrogen and oxygen atoms in total. The number of benzene rings is 1. The first-order chi connectivity index (χ1) is 8.77. The van der Waals surface area contributed by atoms with E-state index in [4.69, 9.17) is 0 Å². The minimum Gasteiger partial charge on any atom is -0.508 e. The predicted octanol–water partition coefficient (Wildman–Crippen LogP) is 4.94. The smallest absolute Gasteiger partial charge is 0.119 e. The molecule has 0 unspecified atom stereocenters. The van der Waals surface area contributed by atoms with Crippen molar-refractivity contribution in [2.45, 2.75) is 59.8 Å². The number of phenols is 1. The SMILES string of the molecule is Cc1cc(O)c([C@@H]2C[C@H]3CC[C@]2(C)C3(C)C)cc1C. The lowest BCUT2D eigenvalue weighted by molar-refractivity contribution is 0.133. The maximum absolute atomic E-state index is 10.4. The van der Waals surface area contributed by atoms with E-state index < -0.39 is 0 Å². The van der Waals surface area contributed by atoms with Crippen LogP contribution in [0.25, 0.3) is 0 Å². The van der Waals surface area contributed by atoms with Crippen molar-refractivity contribution in [1.82, 2.24) is 0 Å². The molecule has 3 rings (SSSR count). The summed E-state index contributed by atoms with van der Waals surface area (Å²) in [5, 5.41) is 10.4. The summed E-state index contributed by atoms with van der Waals surface area (Å²) in [6.07, 6.45) is 3.92. The van der Waals surface area contributed by atoms with Gasteiger partial charge in [-0.15, -0.1) is 0 Å². The van der Waals surface area contributed by atoms with Gasteiger partial charge in [0.25, 0.3) is 0 Å². The lowest BCUT2D eigenvalue weighted by Gasteiger charge is -2.40. The van der Waals surface area contributed by atoms with Crippen LogP contribution < -0.4 is 0 Å². The molecule has 0 heterocycles. The molecule has 2 aliphatic rings. The Kier molecular flexibility index (Phi) is 2.59. The zero-order valence-corrected chi connectivity index (χ0v) is 12.9. The van der Waals surface area contributed by atoms with Crippen LogP contribution >= 0.6 is 0 Å². The van der Waals surface area contributed by atoms with E-state index in [0.717, 1.165) is 5.92 Å². The number of rotatable bonds is 1. The Balaban J connectivity index is 2.08. The molecule has 104 valence electrons. The normalized spacial score (nSPS) is 35.8. The summed E-state index contributed by atoms with van der Waals surface area (Å²) in [6, 6.07) is 4.18. The topological polar surface area (TPSA) is 20.2 Å². The first-order valence-electron chi connectivity index (χ1n) is 7.57. The molecule has 1 N–H and O–H groups in total. The van der Waals surface area contributed by atoms with Gasteiger partial charge in [0, 0.05) is 0 Å². The third kappa shape index (κ3) is 1.53. The molecule has 3 atom stereocenters. The Labute approximate surface area is 117 Å². The minimum absolute atomic E-state index is 0.344. The summed E-state index contributed by atoms with van der Waals surface area (Å²) in [5.74, 6) is 1.86. The standard InChI is InChI=1S/C18H26O/c1-11-8-14(16(19)9-12(11)2)15-10-13-6-7-18(15,5)17(13,3)4/h8-9,13,15,19H,6-7,10H2,1-5H3/t13-,15+,18+/m1/s1. The quantitative estimate of drug-likeness (QED) is 0.756. The van der Waals surface area contributed by atoms with Crippen LogP contribution in [-0.2, 0) is 0 Å². The number of phenolic OH excluding ortho intramolecular Hbond substituents is 1. The van der Waals surface area contributed by atoms with Gasteiger partial charge in [-0.25, -0.2) is 0 Å². The third-order valence-electron chi connectivity index (χ3n) is 6.81. The summed E-state index contributed by atoms with van der Waals surface area (Å²) in [6.45, 7) is 11.5. The molecule has 0 aromatic heterocycles. The Morgan fingerprint density at radius 3 is 2.26 bits per heavy atom. The van der Waals surface area contributed by atoms with Gasteiger partial charge in [-0.1, -0.05) is 26.8 Å². The van der Waals surface area contributed by atoms with Crippen molar-refractivity contribution >= 4 is 0 Å². The zero-order valence-electron chi connectivity index (χ0n) is 12.9. The van der Waals surface area contributed by atoms with Crippen molar-refractivity contribution in [2.24, 2.45) is 16.7 Å². The van der Waals surface area contributed by atoms with Crippen molar-refractivity contribution in [2.75, 3.05) is 0 Å². The van der Waals surface area contributed by atoms with E-state index in [0.29, 0.717) is 22.5 Å². The van der Waals surface area contributed by atoms with Crippen molar-refractivity contribution in [3.63, 3.8) is 0 Å². The monoisotopic (exact) mass is 258 g/mol. The molecule has 0 aliphatic heterocycles. The molecule has 2 aliphatic carbocycles. The average Bonchev–Trinajstić information content (AvgIpc) is 2.66. The van der Waals surface area contributed by atoms with E-state index in [1.165, 1.54) is 36.0 Å². The summed E-state index contributed by atoms with van der Waals surface area (Å²) in [4.78, 5) is 0. The average molecular weight is 258 g/mol. The van der Waals surface area contributed by atoms with Crippen molar-refractivity contribution in [3.05, 3.63) is 28.8 Å². The van der Waals surface area contributed by atoms with Crippen LogP contribution in [-0.4, -0.2) is 5.11 Å². The molecular weight excluding hydrogens is 232 g/mol. The fourth-order valence-corrected chi connectivity index (χ4v) is 4.78. The minimum atomic E-state index is 0.344. The van der Waals surface area contributed by atoms with Crippen LogP contribution in [0.3, 0.4) is 0 Å². The number of aromatic hydroxyl groups is 1. The zero-order chi connectivity index (χ0) is 14.0. The van der Waals surface area contributed by atoms with E-state index in [1.807, 2.05) is 6.07 Å². The van der Waals surface area contributed by atoms with Gasteiger partial charge in [0.2, 0.25) is 0 Å². The molecule has 1 heteroatoms. The summed E-state index contributed by atoms with van der Waals surface area (Å²) >= 11 is 0. The van der Waals surface area contributed by atoms with E-state index in [-0.39, 0.29) is 0 Å². The molecule has 1 aromatic rings. The lowest BCUT2D eigenvalue weighted by Crippen LogP contribution is -2.31. The van der Waals surface area contributed by atoms with Crippen molar-refractivity contribution in [3.8, 4) is 5.75 Å². The number of aryl methyl sites for hydroxylation is 2. The van der Waals surface area contributed by atoms with Gasteiger partial charge < -0.3 is 5.11 Å². The molecule has 2 bridgehead atoms. The maximum atomic E-state index is 10.4. The van der Waals surface area contributed by atoms with Gasteiger partial charge in [-0.2, -0.15) is 0 Å². The van der Waals surface area contributed by atoms with Gasteiger partial charge >= 0.3 is 0 Å². The number of hydrogen-bond donors (Lipinski definition) is 1. The lowest BCUT2D eigenvalue weighted by atomic mass is 9.65. The molecule has 1 aromatic carbocycles. The van der Waals surface area contributed by atoms with Crippen LogP contribution in [0.2, 0.25) is 0 Å². The van der Waals surface area contributed by atoms with Gasteiger partial charge in [-0.05, 0) is 78.5 Å². The van der Waals surface area contributed by atoms with Crippen LogP contribution in [0, 0.1) is 30.6 Å². The largest absolute Gasteiger partial charge is 0.508 e. The van der Waals surface area contributed by atoms with E-state index in [9.17, 15) is 5.11 Å². The second kappa shape index (κ2) is 3.77. The van der Waals surface area contributed by atoms with E-state index >= 15 is 0 Å². The van der Waals surface area contributed by atoms with Gasteiger partial charge in [-0.3, -0.25) is 0 Å². The molecule has 0 amide bonds. The second-order valence-corrected chi connectivity index (χ2v) is 7.66. The first kappa shape index (κ1) is 13.0. The van der Waals surface area contributed by atoms with Gasteiger partial charge in [0.05, 0.1) is 0 Å². The first-order valence-corrected chi connectivity index (χ1v) is 7.57. The summed E-state index contributed by atoms with van der Waals surface area (Å²) in [7, 11) is 0. The van der Waals surface area contributed by atoms with Gasteiger partial charge in [0.1, 0.15) is 5.75 Å². The Morgan fingerprint density at radius 1 is 1.11 bits per heavy atom. The predicted molar refractivity (Wildman–Crippen MR) is 79.6 cm³/mol. The van der Waals surface area contributed by atoms with E-state index in [2.05, 4.69) is 40.7 Å². The highest BCUT2D eigenvalue weighted by Gasteiger charge is 2.61. The van der Waals surface area contributed by atoms with Gasteiger partial charge in [0.15, 0.2) is 0 Å². The highest BCUT2D eigenvalue weighted by atomic mass is 16.3. The Bertz CT molecular complexity index is 529. The van der Waals surface area contributed by atoms with Crippen LogP contribution in [0.15, 0.2) is 12.1 Å². The van der Waals surface area contributed by atoms with Crippen LogP contribution in [0.1, 0.15) is 62.6 Å². The fourth-order valence-electron chi connectivity index (χ4n) is 4.78. The highest BCUT2D eigenvalue weighted by Crippen LogP contribution is 2.71. The van der Waals surface area contributed by atoms with Crippen LogP contribution in [0.5, 0.6) is 5.75 Å². The van der Waals surface area contributed by atoms with E-state index in [1.54, 1.807) is 0 Å². The van der Waals surface area contributed by atoms with Crippen molar-refractivity contribution < 1.29 is 5.11 Å². The highest BCUT2D eigenvalue weighted by molar-refractivity contribution is 5.45. The molecule has 0 radical (unpaired) electrons. The molecular formula is C18H26O. The Morgan fingerprint density at radius 2 is 1.74 bits per heavy atom. The molecule has 2 saturated carbocycles. The second-order valence-electron chi connectivity index (χ2n) is 7.66. The fraction of sp³-hybridized carbons (Fsp3) is 0.667. The molecule has 0 saturated heterocycles. The molecule has 2 fully saturated rings. The molecule has 19 heavy (non-hydrogen) atoms. The van der Waals surface area contributed by atoms with Crippen molar-refractivity contribution in [1.29, 1.82) is 0 Å². The Hall–Kier alpha value is -0.980. The number of hydrogen-bond acceptors (Lipinski definition) is 1. The third-order valence-corrected chi connectivity index (χ3v) is 6.81. The summed E-state index contributed by atoms with van der Waals surface area (Å²) < 4.78 is 0. The van der Waals surface area contributed by atoms with Crippen LogP contribution in [0.4, 0.5) is 0 Å². The number of fused-ring (bicyclic) bond motifs is 2. The summed E-state index contributed by atoms with van der Waals surface area (Å²) in [5.41, 5.74) is 4.44. The molecule has 0 spiro atoms. The maximum Gasteiger partial charge on any atom is 0.119 e.